The van der Waals surface area contributed by atoms with Crippen LogP contribution in [0.4, 0.5) is 0 Å². The summed E-state index contributed by atoms with van der Waals surface area (Å²) < 4.78 is 0. The fraction of sp³-hybridized carbons (Fsp3) is 1.00. The van der Waals surface area contributed by atoms with Gasteiger partial charge < -0.3 is 5.48 Å². The Hall–Kier alpha value is -0.0400. The third kappa shape index (κ3) is 1.48. The highest BCUT2D eigenvalue weighted by molar-refractivity contribution is 4.66. The van der Waals surface area contributed by atoms with Crippen molar-refractivity contribution in [2.24, 2.45) is 5.92 Å². The highest BCUT2D eigenvalue weighted by Gasteiger charge is 2.13. The zero-order chi connectivity index (χ0) is 4.41. The molecule has 1 saturated carbocycles. The van der Waals surface area contributed by atoms with Crippen LogP contribution in [0, 0.1) is 5.92 Å². The topological polar surface area (TPSA) is 31.5 Å². The van der Waals surface area contributed by atoms with Gasteiger partial charge in [0.15, 0.2) is 0 Å². The molecule has 0 unspecified atom stereocenters. The molecule has 0 aromatic rings. The standard InChI is InChI=1S/C6H12.H2O/c1-2-6-4-3-5-6;/h6H,2-5H2,1H3;1H2. The molecule has 7 heavy (non-hydrogen) atoms. The Balaban J connectivity index is 0.000000360. The van der Waals surface area contributed by atoms with E-state index in [1.54, 1.807) is 0 Å². The average molecular weight is 102 g/mol. The molecule has 1 rings (SSSR count). The lowest BCUT2D eigenvalue weighted by atomic mass is 9.84. The van der Waals surface area contributed by atoms with Crippen LogP contribution in [0.3, 0.4) is 0 Å². The molecular weight excluding hydrogens is 88.1 g/mol. The molecule has 0 aliphatic heterocycles. The van der Waals surface area contributed by atoms with Crippen molar-refractivity contribution in [3.63, 3.8) is 0 Å². The normalized spacial score (nSPS) is 20.1. The van der Waals surface area contributed by atoms with Crippen LogP contribution in [0.25, 0.3) is 0 Å². The lowest BCUT2D eigenvalue weighted by Crippen LogP contribution is -2.08. The monoisotopic (exact) mass is 102 g/mol. The zero-order valence-electron chi connectivity index (χ0n) is 4.91. The van der Waals surface area contributed by atoms with E-state index in [1.807, 2.05) is 0 Å². The van der Waals surface area contributed by atoms with Crippen LogP contribution in [0.15, 0.2) is 0 Å². The van der Waals surface area contributed by atoms with Crippen molar-refractivity contribution in [1.82, 2.24) is 0 Å². The maximum absolute atomic E-state index is 2.28. The van der Waals surface area contributed by atoms with Crippen LogP contribution >= 0.6 is 0 Å². The van der Waals surface area contributed by atoms with Crippen LogP contribution in [-0.4, -0.2) is 5.48 Å². The van der Waals surface area contributed by atoms with Gasteiger partial charge in [-0.1, -0.05) is 32.6 Å². The summed E-state index contributed by atoms with van der Waals surface area (Å²) in [5.41, 5.74) is 0. The Morgan fingerprint density at radius 1 is 1.43 bits per heavy atom. The fourth-order valence-corrected chi connectivity index (χ4v) is 0.901. The first-order valence-corrected chi connectivity index (χ1v) is 2.93. The van der Waals surface area contributed by atoms with Gasteiger partial charge in [-0.2, -0.15) is 0 Å². The molecule has 0 atom stereocenters. The first-order valence-electron chi connectivity index (χ1n) is 2.93. The molecular formula is C6H14O. The molecule has 1 heteroatoms. The van der Waals surface area contributed by atoms with Gasteiger partial charge in [-0.3, -0.25) is 0 Å². The van der Waals surface area contributed by atoms with Gasteiger partial charge in [-0.05, 0) is 5.92 Å². The van der Waals surface area contributed by atoms with Crippen molar-refractivity contribution in [2.75, 3.05) is 0 Å². The van der Waals surface area contributed by atoms with Crippen LogP contribution in [0.1, 0.15) is 32.6 Å². The second-order valence-corrected chi connectivity index (χ2v) is 2.21. The lowest BCUT2D eigenvalue weighted by Gasteiger charge is -2.22. The molecule has 0 amide bonds. The van der Waals surface area contributed by atoms with Gasteiger partial charge in [-0.15, -0.1) is 0 Å². The molecule has 0 bridgehead atoms. The fourth-order valence-electron chi connectivity index (χ4n) is 0.901. The Kier molecular flexibility index (Phi) is 3.01. The quantitative estimate of drug-likeness (QED) is 0.479. The summed E-state index contributed by atoms with van der Waals surface area (Å²) in [6, 6.07) is 0. The summed E-state index contributed by atoms with van der Waals surface area (Å²) in [5, 5.41) is 0. The predicted octanol–water partition coefficient (Wildman–Crippen LogP) is 1.37. The summed E-state index contributed by atoms with van der Waals surface area (Å²) in [4.78, 5) is 0. The number of hydrogen-bond donors (Lipinski definition) is 0. The SMILES string of the molecule is CCC1CCC1.O. The predicted molar refractivity (Wildman–Crippen MR) is 31.2 cm³/mol. The second-order valence-electron chi connectivity index (χ2n) is 2.21. The minimum atomic E-state index is 0. The number of rotatable bonds is 1. The molecule has 0 radical (unpaired) electrons. The van der Waals surface area contributed by atoms with Gasteiger partial charge in [0.2, 0.25) is 0 Å². The minimum absolute atomic E-state index is 0. The third-order valence-corrected chi connectivity index (χ3v) is 1.80. The molecule has 0 heterocycles. The van der Waals surface area contributed by atoms with Crippen LogP contribution < -0.4 is 0 Å². The zero-order valence-corrected chi connectivity index (χ0v) is 4.91. The molecule has 0 aromatic heterocycles. The highest BCUT2D eigenvalue weighted by Crippen LogP contribution is 2.28. The van der Waals surface area contributed by atoms with E-state index in [-0.39, 0.29) is 5.48 Å². The Bertz CT molecular complexity index is 36.7. The highest BCUT2D eigenvalue weighted by atomic mass is 16.0. The second kappa shape index (κ2) is 3.03. The van der Waals surface area contributed by atoms with Crippen molar-refractivity contribution in [3.8, 4) is 0 Å². The lowest BCUT2D eigenvalue weighted by molar-refractivity contribution is 0.307. The van der Waals surface area contributed by atoms with Crippen LogP contribution in [-0.2, 0) is 0 Å². The molecule has 0 saturated heterocycles. The van der Waals surface area contributed by atoms with Gasteiger partial charge in [0, 0.05) is 0 Å². The van der Waals surface area contributed by atoms with E-state index >= 15 is 0 Å². The Morgan fingerprint density at radius 3 is 2.00 bits per heavy atom. The van der Waals surface area contributed by atoms with E-state index < -0.39 is 0 Å². The molecule has 1 aliphatic rings. The summed E-state index contributed by atoms with van der Waals surface area (Å²) >= 11 is 0. The molecule has 0 spiro atoms. The van der Waals surface area contributed by atoms with Gasteiger partial charge in [0.1, 0.15) is 0 Å². The smallest absolute Gasteiger partial charge is 0.0417 e. The van der Waals surface area contributed by atoms with Gasteiger partial charge in [0.05, 0.1) is 0 Å². The van der Waals surface area contributed by atoms with Crippen molar-refractivity contribution in [2.45, 2.75) is 32.6 Å². The number of hydrogen-bond acceptors (Lipinski definition) is 0. The van der Waals surface area contributed by atoms with E-state index in [1.165, 1.54) is 25.7 Å². The van der Waals surface area contributed by atoms with Gasteiger partial charge in [-0.25, -0.2) is 0 Å². The van der Waals surface area contributed by atoms with Crippen molar-refractivity contribution < 1.29 is 5.48 Å². The first kappa shape index (κ1) is 6.96. The van der Waals surface area contributed by atoms with Crippen molar-refractivity contribution in [1.29, 1.82) is 0 Å². The molecule has 44 valence electrons. The van der Waals surface area contributed by atoms with Gasteiger partial charge >= 0.3 is 0 Å². The molecule has 1 nitrogen and oxygen atoms in total. The minimum Gasteiger partial charge on any atom is -0.412 e. The van der Waals surface area contributed by atoms with Crippen molar-refractivity contribution >= 4 is 0 Å². The summed E-state index contributed by atoms with van der Waals surface area (Å²) in [7, 11) is 0. The molecule has 1 fully saturated rings. The summed E-state index contributed by atoms with van der Waals surface area (Å²) in [6.07, 6.45) is 5.94. The van der Waals surface area contributed by atoms with Crippen molar-refractivity contribution in [3.05, 3.63) is 0 Å². The maximum atomic E-state index is 2.28. The molecule has 1 aliphatic carbocycles. The molecule has 2 N–H and O–H groups in total. The van der Waals surface area contributed by atoms with Crippen LogP contribution in [0.2, 0.25) is 0 Å². The van der Waals surface area contributed by atoms with E-state index in [0.717, 1.165) is 5.92 Å². The molecule has 0 aromatic carbocycles. The summed E-state index contributed by atoms with van der Waals surface area (Å²) in [6.45, 7) is 2.28. The third-order valence-electron chi connectivity index (χ3n) is 1.80. The van der Waals surface area contributed by atoms with Gasteiger partial charge in [0.25, 0.3) is 0 Å². The Labute approximate surface area is 45.0 Å². The summed E-state index contributed by atoms with van der Waals surface area (Å²) in [5.74, 6) is 1.12. The largest absolute Gasteiger partial charge is 0.412 e. The van der Waals surface area contributed by atoms with E-state index in [4.69, 9.17) is 0 Å². The average Bonchev–Trinajstić information content (AvgIpc) is 1.31. The van der Waals surface area contributed by atoms with E-state index in [9.17, 15) is 0 Å². The maximum Gasteiger partial charge on any atom is -0.0417 e. The Morgan fingerprint density at radius 2 is 2.00 bits per heavy atom. The first-order chi connectivity index (χ1) is 2.93. The van der Waals surface area contributed by atoms with E-state index in [0.29, 0.717) is 0 Å². The van der Waals surface area contributed by atoms with Crippen LogP contribution in [0.5, 0.6) is 0 Å². The van der Waals surface area contributed by atoms with E-state index in [2.05, 4.69) is 6.92 Å².